The van der Waals surface area contributed by atoms with Crippen LogP contribution in [-0.4, -0.2) is 34.1 Å². The first-order chi connectivity index (χ1) is 16.6. The van der Waals surface area contributed by atoms with E-state index in [1.54, 1.807) is 24.3 Å². The third kappa shape index (κ3) is 8.24. The van der Waals surface area contributed by atoms with Gasteiger partial charge in [-0.15, -0.1) is 0 Å². The predicted molar refractivity (Wildman–Crippen MR) is 133 cm³/mol. The maximum atomic E-state index is 13.2. The Morgan fingerprint density at radius 2 is 1.71 bits per heavy atom. The number of hydrogen-bond donors (Lipinski definition) is 2. The number of aromatic nitrogens is 2. The van der Waals surface area contributed by atoms with Crippen LogP contribution in [0.5, 0.6) is 5.75 Å². The van der Waals surface area contributed by atoms with Gasteiger partial charge in [0.2, 0.25) is 5.89 Å². The molecule has 3 rings (SSSR count). The molecule has 0 radical (unpaired) electrons. The van der Waals surface area contributed by atoms with Crippen LogP contribution in [0, 0.1) is 5.92 Å². The highest BCUT2D eigenvalue weighted by atomic mass is 16.5. The average molecular weight is 479 g/mol. The Morgan fingerprint density at radius 1 is 1.03 bits per heavy atom. The molecule has 0 aliphatic carbocycles. The lowest BCUT2D eigenvalue weighted by Gasteiger charge is -2.21. The minimum Gasteiger partial charge on any atom is -0.483 e. The van der Waals surface area contributed by atoms with Crippen molar-refractivity contribution in [3.05, 3.63) is 77.4 Å². The van der Waals surface area contributed by atoms with Gasteiger partial charge >= 0.3 is 0 Å². The number of nitrogens with zero attached hydrogens (tertiary/aromatic N) is 2. The van der Waals surface area contributed by atoms with Crippen LogP contribution >= 0.6 is 0 Å². The third-order valence-corrected chi connectivity index (χ3v) is 5.00. The molecule has 1 atom stereocenters. The van der Waals surface area contributed by atoms with Gasteiger partial charge in [-0.2, -0.15) is 4.98 Å². The van der Waals surface area contributed by atoms with E-state index >= 15 is 0 Å². The standard InChI is InChI=1S/C27H34N4O4/c1-18(2)15-21(26-29-23(31-35-26)16-19-11-7-6-8-12-19)28-25(33)20-13-9-10-14-22(20)34-17-24(32)30-27(3,4)5/h6-14,18,21H,15-17H2,1-5H3,(H,28,33)(H,30,32). The number of hydrogen-bond acceptors (Lipinski definition) is 6. The molecule has 0 saturated carbocycles. The van der Waals surface area contributed by atoms with Gasteiger partial charge in [-0.1, -0.05) is 61.5 Å². The molecule has 1 unspecified atom stereocenters. The summed E-state index contributed by atoms with van der Waals surface area (Å²) in [5, 5.41) is 9.96. The fourth-order valence-electron chi connectivity index (χ4n) is 3.57. The number of carbonyl (C=O) groups excluding carboxylic acids is 2. The molecule has 2 N–H and O–H groups in total. The second-order valence-corrected chi connectivity index (χ2v) is 9.95. The molecule has 3 aromatic rings. The van der Waals surface area contributed by atoms with Gasteiger partial charge in [0.25, 0.3) is 11.8 Å². The molecule has 2 amide bonds. The van der Waals surface area contributed by atoms with Gasteiger partial charge < -0.3 is 19.9 Å². The zero-order valence-electron chi connectivity index (χ0n) is 21.0. The van der Waals surface area contributed by atoms with Gasteiger partial charge in [0.05, 0.1) is 5.56 Å². The Morgan fingerprint density at radius 3 is 2.40 bits per heavy atom. The van der Waals surface area contributed by atoms with Crippen LogP contribution in [0.2, 0.25) is 0 Å². The van der Waals surface area contributed by atoms with Gasteiger partial charge in [-0.05, 0) is 50.8 Å². The normalized spacial score (nSPS) is 12.3. The largest absolute Gasteiger partial charge is 0.483 e. The van der Waals surface area contributed by atoms with Gasteiger partial charge in [0, 0.05) is 12.0 Å². The zero-order chi connectivity index (χ0) is 25.4. The summed E-state index contributed by atoms with van der Waals surface area (Å²) in [6.07, 6.45) is 1.16. The Bertz CT molecular complexity index is 1120. The summed E-state index contributed by atoms with van der Waals surface area (Å²) in [5.74, 6) is 0.918. The monoisotopic (exact) mass is 478 g/mol. The predicted octanol–water partition coefficient (Wildman–Crippen LogP) is 4.47. The molecule has 0 fully saturated rings. The van der Waals surface area contributed by atoms with Crippen LogP contribution in [0.15, 0.2) is 59.1 Å². The zero-order valence-corrected chi connectivity index (χ0v) is 21.0. The molecule has 0 bridgehead atoms. The summed E-state index contributed by atoms with van der Waals surface area (Å²) in [4.78, 5) is 29.9. The second kappa shape index (κ2) is 11.6. The van der Waals surface area contributed by atoms with Crippen molar-refractivity contribution < 1.29 is 18.8 Å². The molecule has 0 aliphatic heterocycles. The van der Waals surface area contributed by atoms with Gasteiger partial charge in [0.1, 0.15) is 11.8 Å². The number of carbonyl (C=O) groups is 2. The molecular weight excluding hydrogens is 444 g/mol. The van der Waals surface area contributed by atoms with E-state index in [1.165, 1.54) is 0 Å². The number of rotatable bonds is 10. The van der Waals surface area contributed by atoms with Gasteiger partial charge in [0.15, 0.2) is 12.4 Å². The van der Waals surface area contributed by atoms with Crippen LogP contribution in [-0.2, 0) is 11.2 Å². The summed E-state index contributed by atoms with van der Waals surface area (Å²) >= 11 is 0. The first-order valence-corrected chi connectivity index (χ1v) is 11.8. The number of ether oxygens (including phenoxy) is 1. The highest BCUT2D eigenvalue weighted by Crippen LogP contribution is 2.24. The topological polar surface area (TPSA) is 106 Å². The summed E-state index contributed by atoms with van der Waals surface area (Å²) in [6, 6.07) is 16.3. The van der Waals surface area contributed by atoms with Crippen molar-refractivity contribution in [3.63, 3.8) is 0 Å². The molecule has 0 spiro atoms. The molecular formula is C27H34N4O4. The molecule has 1 heterocycles. The average Bonchev–Trinajstić information content (AvgIpc) is 3.25. The maximum absolute atomic E-state index is 13.2. The quantitative estimate of drug-likeness (QED) is 0.445. The van der Waals surface area contributed by atoms with Crippen LogP contribution < -0.4 is 15.4 Å². The van der Waals surface area contributed by atoms with Crippen LogP contribution in [0.3, 0.4) is 0 Å². The molecule has 8 heteroatoms. The summed E-state index contributed by atoms with van der Waals surface area (Å²) < 4.78 is 11.2. The van der Waals surface area contributed by atoms with Crippen molar-refractivity contribution in [2.24, 2.45) is 5.92 Å². The van der Waals surface area contributed by atoms with Crippen LogP contribution in [0.1, 0.15) is 74.7 Å². The van der Waals surface area contributed by atoms with Crippen LogP contribution in [0.25, 0.3) is 0 Å². The lowest BCUT2D eigenvalue weighted by Crippen LogP contribution is -2.43. The van der Waals surface area contributed by atoms with Crippen LogP contribution in [0.4, 0.5) is 0 Å². The molecule has 186 valence electrons. The second-order valence-electron chi connectivity index (χ2n) is 9.95. The summed E-state index contributed by atoms with van der Waals surface area (Å²) in [7, 11) is 0. The van der Waals surface area contributed by atoms with E-state index in [2.05, 4.69) is 34.6 Å². The summed E-state index contributed by atoms with van der Waals surface area (Å²) in [6.45, 7) is 9.61. The highest BCUT2D eigenvalue weighted by molar-refractivity contribution is 5.97. The number of amides is 2. The fraction of sp³-hybridized carbons (Fsp3) is 0.407. The first-order valence-electron chi connectivity index (χ1n) is 11.8. The summed E-state index contributed by atoms with van der Waals surface area (Å²) in [5.41, 5.74) is 1.03. The number of benzene rings is 2. The maximum Gasteiger partial charge on any atom is 0.258 e. The Labute approximate surface area is 206 Å². The van der Waals surface area contributed by atoms with E-state index in [-0.39, 0.29) is 29.9 Å². The smallest absolute Gasteiger partial charge is 0.258 e. The van der Waals surface area contributed by atoms with Crippen molar-refractivity contribution in [2.45, 2.75) is 59.0 Å². The van der Waals surface area contributed by atoms with Crippen molar-refractivity contribution in [1.29, 1.82) is 0 Å². The minimum absolute atomic E-state index is 0.191. The Balaban J connectivity index is 1.72. The molecule has 8 nitrogen and oxygen atoms in total. The van der Waals surface area contributed by atoms with Gasteiger partial charge in [-0.3, -0.25) is 9.59 Å². The molecule has 35 heavy (non-hydrogen) atoms. The Kier molecular flexibility index (Phi) is 8.63. The SMILES string of the molecule is CC(C)CC(NC(=O)c1ccccc1OCC(=O)NC(C)(C)C)c1nc(Cc2ccccc2)no1. The minimum atomic E-state index is -0.461. The molecule has 0 aliphatic rings. The molecule has 1 aromatic heterocycles. The van der Waals surface area contributed by atoms with Crippen molar-refractivity contribution in [1.82, 2.24) is 20.8 Å². The van der Waals surface area contributed by atoms with Crippen molar-refractivity contribution in [3.8, 4) is 5.75 Å². The van der Waals surface area contributed by atoms with E-state index in [0.29, 0.717) is 35.9 Å². The van der Waals surface area contributed by atoms with E-state index < -0.39 is 6.04 Å². The lowest BCUT2D eigenvalue weighted by atomic mass is 10.0. The number of nitrogens with one attached hydrogen (secondary N) is 2. The van der Waals surface area contributed by atoms with Crippen molar-refractivity contribution >= 4 is 11.8 Å². The Hall–Kier alpha value is -3.68. The fourth-order valence-corrected chi connectivity index (χ4v) is 3.57. The third-order valence-electron chi connectivity index (χ3n) is 5.00. The molecule has 0 saturated heterocycles. The number of para-hydroxylation sites is 1. The highest BCUT2D eigenvalue weighted by Gasteiger charge is 2.25. The van der Waals surface area contributed by atoms with E-state index in [0.717, 1.165) is 5.56 Å². The van der Waals surface area contributed by atoms with E-state index in [4.69, 9.17) is 9.26 Å². The van der Waals surface area contributed by atoms with Crippen molar-refractivity contribution in [2.75, 3.05) is 6.61 Å². The lowest BCUT2D eigenvalue weighted by molar-refractivity contribution is -0.124. The first kappa shape index (κ1) is 25.9. The van der Waals surface area contributed by atoms with Gasteiger partial charge in [-0.25, -0.2) is 0 Å². The molecule has 2 aromatic carbocycles. The van der Waals surface area contributed by atoms with E-state index in [9.17, 15) is 9.59 Å². The van der Waals surface area contributed by atoms with E-state index in [1.807, 2.05) is 51.1 Å².